The lowest BCUT2D eigenvalue weighted by Gasteiger charge is -2.17. The molecule has 0 amide bonds. The summed E-state index contributed by atoms with van der Waals surface area (Å²) in [4.78, 5) is 0. The number of alkyl halides is 1. The maximum atomic E-state index is 13.4. The molecule has 16 heavy (non-hydrogen) atoms. The minimum absolute atomic E-state index is 0.134. The van der Waals surface area contributed by atoms with Crippen LogP contribution < -0.4 is 0 Å². The van der Waals surface area contributed by atoms with Gasteiger partial charge in [0.2, 0.25) is 0 Å². The Bertz CT molecular complexity index is 339. The van der Waals surface area contributed by atoms with Crippen LogP contribution in [0.3, 0.4) is 0 Å². The first kappa shape index (κ1) is 11.8. The van der Waals surface area contributed by atoms with Crippen molar-refractivity contribution in [2.75, 3.05) is 0 Å². The molecular formula is C13H15ClF2. The summed E-state index contributed by atoms with van der Waals surface area (Å²) >= 11 is 6.23. The van der Waals surface area contributed by atoms with Gasteiger partial charge >= 0.3 is 0 Å². The third-order valence-corrected chi connectivity index (χ3v) is 3.88. The van der Waals surface area contributed by atoms with E-state index in [9.17, 15) is 8.78 Å². The standard InChI is InChI=1S/C13H15ClF2/c14-11(9-4-1-2-5-9)8-10-12(15)6-3-7-13(10)16/h3,6-7,9,11H,1-2,4-5,8H2. The molecule has 2 rings (SSSR count). The van der Waals surface area contributed by atoms with Gasteiger partial charge in [-0.05, 0) is 37.3 Å². The third kappa shape index (κ3) is 2.54. The fourth-order valence-corrected chi connectivity index (χ4v) is 2.81. The van der Waals surface area contributed by atoms with E-state index in [2.05, 4.69) is 0 Å². The van der Waals surface area contributed by atoms with E-state index in [1.165, 1.54) is 31.0 Å². The lowest BCUT2D eigenvalue weighted by molar-refractivity contribution is 0.487. The van der Waals surface area contributed by atoms with E-state index in [0.29, 0.717) is 12.3 Å². The fourth-order valence-electron chi connectivity index (χ4n) is 2.41. The van der Waals surface area contributed by atoms with Crippen LogP contribution in [0.1, 0.15) is 31.2 Å². The first-order valence-electron chi connectivity index (χ1n) is 5.75. The molecule has 0 nitrogen and oxygen atoms in total. The average Bonchev–Trinajstić information content (AvgIpc) is 2.76. The molecule has 0 heterocycles. The van der Waals surface area contributed by atoms with Gasteiger partial charge in [0.25, 0.3) is 0 Å². The Morgan fingerprint density at radius 2 is 1.75 bits per heavy atom. The SMILES string of the molecule is Fc1cccc(F)c1CC(Cl)C1CCCC1. The van der Waals surface area contributed by atoms with Crippen molar-refractivity contribution < 1.29 is 8.78 Å². The summed E-state index contributed by atoms with van der Waals surface area (Å²) < 4.78 is 26.8. The van der Waals surface area contributed by atoms with Crippen LogP contribution in [-0.2, 0) is 6.42 Å². The summed E-state index contributed by atoms with van der Waals surface area (Å²) in [7, 11) is 0. The smallest absolute Gasteiger partial charge is 0.129 e. The number of halogens is 3. The van der Waals surface area contributed by atoms with E-state index in [1.54, 1.807) is 0 Å². The van der Waals surface area contributed by atoms with Crippen LogP contribution in [0.2, 0.25) is 0 Å². The molecular weight excluding hydrogens is 230 g/mol. The van der Waals surface area contributed by atoms with Crippen LogP contribution in [0.15, 0.2) is 18.2 Å². The van der Waals surface area contributed by atoms with E-state index in [1.807, 2.05) is 0 Å². The Labute approximate surface area is 99.6 Å². The molecule has 1 fully saturated rings. The van der Waals surface area contributed by atoms with Gasteiger partial charge in [0.15, 0.2) is 0 Å². The predicted octanol–water partition coefficient (Wildman–Crippen LogP) is 4.30. The maximum absolute atomic E-state index is 13.4. The fraction of sp³-hybridized carbons (Fsp3) is 0.538. The van der Waals surface area contributed by atoms with Crippen molar-refractivity contribution in [2.45, 2.75) is 37.5 Å². The third-order valence-electron chi connectivity index (χ3n) is 3.37. The first-order chi connectivity index (χ1) is 7.68. The molecule has 1 saturated carbocycles. The summed E-state index contributed by atoms with van der Waals surface area (Å²) in [5, 5.41) is -0.145. The van der Waals surface area contributed by atoms with Crippen molar-refractivity contribution in [2.24, 2.45) is 5.92 Å². The largest absolute Gasteiger partial charge is 0.207 e. The molecule has 1 aliphatic rings. The summed E-state index contributed by atoms with van der Waals surface area (Å²) in [6.07, 6.45) is 4.85. The maximum Gasteiger partial charge on any atom is 0.129 e. The zero-order valence-electron chi connectivity index (χ0n) is 9.06. The van der Waals surface area contributed by atoms with Crippen LogP contribution in [0.4, 0.5) is 8.78 Å². The van der Waals surface area contributed by atoms with Gasteiger partial charge in [-0.25, -0.2) is 8.78 Å². The molecule has 0 N–H and O–H groups in total. The van der Waals surface area contributed by atoms with E-state index in [0.717, 1.165) is 12.8 Å². The van der Waals surface area contributed by atoms with E-state index in [4.69, 9.17) is 11.6 Å². The second-order valence-corrected chi connectivity index (χ2v) is 5.03. The Morgan fingerprint density at radius 3 is 2.31 bits per heavy atom. The second-order valence-electron chi connectivity index (χ2n) is 4.46. The van der Waals surface area contributed by atoms with Crippen molar-refractivity contribution in [1.29, 1.82) is 0 Å². The Kier molecular flexibility index (Phi) is 3.80. The van der Waals surface area contributed by atoms with Gasteiger partial charge < -0.3 is 0 Å². The van der Waals surface area contributed by atoms with Crippen molar-refractivity contribution in [1.82, 2.24) is 0 Å². The minimum atomic E-state index is -0.483. The van der Waals surface area contributed by atoms with Gasteiger partial charge in [-0.2, -0.15) is 0 Å². The molecule has 0 spiro atoms. The highest BCUT2D eigenvalue weighted by atomic mass is 35.5. The first-order valence-corrected chi connectivity index (χ1v) is 6.19. The lowest BCUT2D eigenvalue weighted by atomic mass is 9.97. The summed E-state index contributed by atoms with van der Waals surface area (Å²) in [6.45, 7) is 0. The number of hydrogen-bond donors (Lipinski definition) is 0. The monoisotopic (exact) mass is 244 g/mol. The molecule has 0 radical (unpaired) electrons. The normalized spacial score (nSPS) is 18.9. The van der Waals surface area contributed by atoms with Gasteiger partial charge in [-0.1, -0.05) is 18.9 Å². The second kappa shape index (κ2) is 5.13. The van der Waals surface area contributed by atoms with Gasteiger partial charge in [-0.3, -0.25) is 0 Å². The highest BCUT2D eigenvalue weighted by Gasteiger charge is 2.25. The van der Waals surface area contributed by atoms with Gasteiger partial charge in [-0.15, -0.1) is 11.6 Å². The summed E-state index contributed by atoms with van der Waals surface area (Å²) in [5.74, 6) is -0.548. The number of rotatable bonds is 3. The van der Waals surface area contributed by atoms with Gasteiger partial charge in [0, 0.05) is 10.9 Å². The highest BCUT2D eigenvalue weighted by molar-refractivity contribution is 6.20. The molecule has 1 atom stereocenters. The van der Waals surface area contributed by atoms with Crippen LogP contribution in [0, 0.1) is 17.6 Å². The molecule has 1 aromatic rings. The number of hydrogen-bond acceptors (Lipinski definition) is 0. The van der Waals surface area contributed by atoms with Crippen molar-refractivity contribution >= 4 is 11.6 Å². The quantitative estimate of drug-likeness (QED) is 0.696. The van der Waals surface area contributed by atoms with E-state index < -0.39 is 11.6 Å². The molecule has 1 aliphatic carbocycles. The molecule has 1 aromatic carbocycles. The average molecular weight is 245 g/mol. The zero-order chi connectivity index (χ0) is 11.5. The minimum Gasteiger partial charge on any atom is -0.207 e. The molecule has 3 heteroatoms. The Hall–Kier alpha value is -0.630. The molecule has 88 valence electrons. The number of benzene rings is 1. The molecule has 1 unspecified atom stereocenters. The zero-order valence-corrected chi connectivity index (χ0v) is 9.81. The molecule has 0 aliphatic heterocycles. The predicted molar refractivity (Wildman–Crippen MR) is 61.7 cm³/mol. The van der Waals surface area contributed by atoms with Crippen molar-refractivity contribution in [3.8, 4) is 0 Å². The van der Waals surface area contributed by atoms with Gasteiger partial charge in [0.05, 0.1) is 0 Å². The molecule has 0 saturated heterocycles. The topological polar surface area (TPSA) is 0 Å². The molecule has 0 aromatic heterocycles. The lowest BCUT2D eigenvalue weighted by Crippen LogP contribution is -2.16. The van der Waals surface area contributed by atoms with Gasteiger partial charge in [0.1, 0.15) is 11.6 Å². The van der Waals surface area contributed by atoms with E-state index >= 15 is 0 Å². The van der Waals surface area contributed by atoms with Crippen LogP contribution in [0.25, 0.3) is 0 Å². The Morgan fingerprint density at radius 1 is 1.19 bits per heavy atom. The van der Waals surface area contributed by atoms with Crippen molar-refractivity contribution in [3.05, 3.63) is 35.4 Å². The summed E-state index contributed by atoms with van der Waals surface area (Å²) in [5.41, 5.74) is 0.134. The van der Waals surface area contributed by atoms with Crippen LogP contribution in [-0.4, -0.2) is 5.38 Å². The van der Waals surface area contributed by atoms with E-state index in [-0.39, 0.29) is 10.9 Å². The summed E-state index contributed by atoms with van der Waals surface area (Å²) in [6, 6.07) is 3.96. The van der Waals surface area contributed by atoms with Crippen LogP contribution >= 0.6 is 11.6 Å². The van der Waals surface area contributed by atoms with Crippen LogP contribution in [0.5, 0.6) is 0 Å². The molecule has 0 bridgehead atoms. The highest BCUT2D eigenvalue weighted by Crippen LogP contribution is 2.32. The Balaban J connectivity index is 2.07. The van der Waals surface area contributed by atoms with Crippen molar-refractivity contribution in [3.63, 3.8) is 0 Å².